The van der Waals surface area contributed by atoms with Gasteiger partial charge in [-0.2, -0.15) is 4.98 Å². The Morgan fingerprint density at radius 3 is 2.71 bits per heavy atom. The summed E-state index contributed by atoms with van der Waals surface area (Å²) in [5.41, 5.74) is 5.98. The maximum absolute atomic E-state index is 9.32. The van der Waals surface area contributed by atoms with Crippen molar-refractivity contribution in [3.8, 4) is 22.9 Å². The SMILES string of the molecule is N[C@@H](CO)c1nc(-c2ccc(O)c(O)c2)no1. The van der Waals surface area contributed by atoms with Crippen LogP contribution in [0.5, 0.6) is 11.5 Å². The van der Waals surface area contributed by atoms with Gasteiger partial charge in [0, 0.05) is 5.56 Å². The van der Waals surface area contributed by atoms with Crippen LogP contribution in [0, 0.1) is 0 Å². The minimum absolute atomic E-state index is 0.107. The van der Waals surface area contributed by atoms with Crippen molar-refractivity contribution in [3.05, 3.63) is 24.1 Å². The van der Waals surface area contributed by atoms with E-state index in [0.717, 1.165) is 0 Å². The predicted octanol–water partition coefficient (Wildman–Crippen LogP) is 0.140. The Morgan fingerprint density at radius 2 is 2.06 bits per heavy atom. The predicted molar refractivity (Wildman–Crippen MR) is 57.1 cm³/mol. The second-order valence-corrected chi connectivity index (χ2v) is 3.45. The minimum atomic E-state index is -0.734. The zero-order valence-corrected chi connectivity index (χ0v) is 8.74. The highest BCUT2D eigenvalue weighted by atomic mass is 16.5. The fourth-order valence-electron chi connectivity index (χ4n) is 1.24. The summed E-state index contributed by atoms with van der Waals surface area (Å²) in [6, 6.07) is 3.40. The van der Waals surface area contributed by atoms with Crippen LogP contribution in [0.15, 0.2) is 22.7 Å². The number of aromatic nitrogens is 2. The topological polar surface area (TPSA) is 126 Å². The van der Waals surface area contributed by atoms with Gasteiger partial charge >= 0.3 is 0 Å². The highest BCUT2D eigenvalue weighted by Gasteiger charge is 2.15. The van der Waals surface area contributed by atoms with Gasteiger partial charge in [-0.15, -0.1) is 0 Å². The van der Waals surface area contributed by atoms with Gasteiger partial charge in [0.05, 0.1) is 6.61 Å². The molecule has 0 saturated heterocycles. The Balaban J connectivity index is 2.33. The molecule has 7 nitrogen and oxygen atoms in total. The number of hydrogen-bond acceptors (Lipinski definition) is 7. The molecule has 0 bridgehead atoms. The maximum atomic E-state index is 9.32. The van der Waals surface area contributed by atoms with Crippen molar-refractivity contribution in [2.24, 2.45) is 5.73 Å². The molecular weight excluding hydrogens is 226 g/mol. The average molecular weight is 237 g/mol. The summed E-state index contributed by atoms with van der Waals surface area (Å²) in [7, 11) is 0. The van der Waals surface area contributed by atoms with Gasteiger partial charge in [-0.1, -0.05) is 5.16 Å². The summed E-state index contributed by atoms with van der Waals surface area (Å²) in [6.07, 6.45) is 0. The van der Waals surface area contributed by atoms with Gasteiger partial charge in [0.25, 0.3) is 0 Å². The largest absolute Gasteiger partial charge is 0.504 e. The Hall–Kier alpha value is -2.12. The van der Waals surface area contributed by atoms with Crippen molar-refractivity contribution < 1.29 is 19.8 Å². The number of phenolic OH excluding ortho intramolecular Hbond substituents is 2. The molecule has 1 atom stereocenters. The van der Waals surface area contributed by atoms with Crippen molar-refractivity contribution in [1.29, 1.82) is 0 Å². The van der Waals surface area contributed by atoms with Crippen LogP contribution in [0.4, 0.5) is 0 Å². The standard InChI is InChI=1S/C10H11N3O4/c11-6(4-14)10-12-9(13-17-10)5-1-2-7(15)8(16)3-5/h1-3,6,14-16H,4,11H2/t6-/m0/s1. The van der Waals surface area contributed by atoms with E-state index in [0.29, 0.717) is 5.56 Å². The number of aromatic hydroxyl groups is 2. The molecule has 0 saturated carbocycles. The van der Waals surface area contributed by atoms with Crippen molar-refractivity contribution >= 4 is 0 Å². The monoisotopic (exact) mass is 237 g/mol. The lowest BCUT2D eigenvalue weighted by Crippen LogP contribution is -2.14. The second kappa shape index (κ2) is 4.40. The molecule has 2 aromatic rings. The van der Waals surface area contributed by atoms with Gasteiger partial charge in [0.1, 0.15) is 6.04 Å². The molecule has 0 radical (unpaired) electrons. The quantitative estimate of drug-likeness (QED) is 0.559. The van der Waals surface area contributed by atoms with E-state index in [1.165, 1.54) is 18.2 Å². The molecule has 0 aliphatic rings. The lowest BCUT2D eigenvalue weighted by atomic mass is 10.2. The Kier molecular flexibility index (Phi) is 2.94. The number of nitrogens with zero attached hydrogens (tertiary/aromatic N) is 2. The molecule has 2 rings (SSSR count). The molecule has 0 unspecified atom stereocenters. The molecule has 1 aromatic heterocycles. The van der Waals surface area contributed by atoms with Crippen LogP contribution in [0.3, 0.4) is 0 Å². The summed E-state index contributed by atoms with van der Waals surface area (Å²) in [5, 5.41) is 31.0. The number of rotatable bonds is 3. The van der Waals surface area contributed by atoms with Gasteiger partial charge in [-0.25, -0.2) is 0 Å². The zero-order valence-electron chi connectivity index (χ0n) is 8.74. The number of nitrogens with two attached hydrogens (primary N) is 1. The first kappa shape index (κ1) is 11.4. The van der Waals surface area contributed by atoms with Crippen LogP contribution < -0.4 is 5.73 Å². The highest BCUT2D eigenvalue weighted by molar-refractivity contribution is 5.59. The first-order chi connectivity index (χ1) is 8.11. The minimum Gasteiger partial charge on any atom is -0.504 e. The van der Waals surface area contributed by atoms with Gasteiger partial charge in [-0.05, 0) is 18.2 Å². The molecule has 1 heterocycles. The van der Waals surface area contributed by atoms with E-state index in [1.807, 2.05) is 0 Å². The molecule has 1 aromatic carbocycles. The van der Waals surface area contributed by atoms with Crippen LogP contribution in [-0.2, 0) is 0 Å². The lowest BCUT2D eigenvalue weighted by Gasteiger charge is -1.99. The molecule has 7 heteroatoms. The molecule has 17 heavy (non-hydrogen) atoms. The maximum Gasteiger partial charge on any atom is 0.246 e. The number of phenols is 2. The molecule has 0 spiro atoms. The average Bonchev–Trinajstić information content (AvgIpc) is 2.81. The number of benzene rings is 1. The first-order valence-corrected chi connectivity index (χ1v) is 4.84. The van der Waals surface area contributed by atoms with Crippen molar-refractivity contribution in [1.82, 2.24) is 10.1 Å². The normalized spacial score (nSPS) is 12.6. The third-order valence-electron chi connectivity index (χ3n) is 2.19. The zero-order chi connectivity index (χ0) is 12.4. The molecule has 90 valence electrons. The molecular formula is C10H11N3O4. The van der Waals surface area contributed by atoms with Gasteiger partial charge in [0.2, 0.25) is 11.7 Å². The summed E-state index contributed by atoms with van der Waals surface area (Å²) in [4.78, 5) is 3.97. The highest BCUT2D eigenvalue weighted by Crippen LogP contribution is 2.29. The van der Waals surface area contributed by atoms with Crippen LogP contribution in [0.2, 0.25) is 0 Å². The summed E-state index contributed by atoms with van der Waals surface area (Å²) < 4.78 is 4.85. The molecule has 5 N–H and O–H groups in total. The smallest absolute Gasteiger partial charge is 0.246 e. The second-order valence-electron chi connectivity index (χ2n) is 3.45. The Morgan fingerprint density at radius 1 is 1.29 bits per heavy atom. The van der Waals surface area contributed by atoms with Crippen LogP contribution in [0.25, 0.3) is 11.4 Å². The summed E-state index contributed by atoms with van der Waals surface area (Å²) in [5.74, 6) is -0.181. The molecule has 0 amide bonds. The van der Waals surface area contributed by atoms with Crippen molar-refractivity contribution in [3.63, 3.8) is 0 Å². The van der Waals surface area contributed by atoms with E-state index in [9.17, 15) is 5.11 Å². The van der Waals surface area contributed by atoms with Crippen molar-refractivity contribution in [2.75, 3.05) is 6.61 Å². The van der Waals surface area contributed by atoms with Crippen LogP contribution in [-0.4, -0.2) is 32.1 Å². The van der Waals surface area contributed by atoms with E-state index in [4.69, 9.17) is 20.5 Å². The number of aliphatic hydroxyl groups is 1. The molecule has 0 aliphatic heterocycles. The van der Waals surface area contributed by atoms with Crippen molar-refractivity contribution in [2.45, 2.75) is 6.04 Å². The fourth-order valence-corrected chi connectivity index (χ4v) is 1.24. The lowest BCUT2D eigenvalue weighted by molar-refractivity contribution is 0.237. The Bertz CT molecular complexity index is 526. The van der Waals surface area contributed by atoms with E-state index in [1.54, 1.807) is 0 Å². The molecule has 0 fully saturated rings. The summed E-state index contributed by atoms with van der Waals surface area (Å²) >= 11 is 0. The summed E-state index contributed by atoms with van der Waals surface area (Å²) in [6.45, 7) is -0.303. The van der Waals surface area contributed by atoms with Crippen LogP contribution >= 0.6 is 0 Å². The van der Waals surface area contributed by atoms with E-state index in [2.05, 4.69) is 10.1 Å². The number of hydrogen-bond donors (Lipinski definition) is 4. The molecule has 0 aliphatic carbocycles. The van der Waals surface area contributed by atoms with Crippen LogP contribution in [0.1, 0.15) is 11.9 Å². The van der Waals surface area contributed by atoms with E-state index in [-0.39, 0.29) is 29.8 Å². The number of aliphatic hydroxyl groups excluding tert-OH is 1. The van der Waals surface area contributed by atoms with Gasteiger partial charge < -0.3 is 25.6 Å². The van der Waals surface area contributed by atoms with Gasteiger partial charge in [0.15, 0.2) is 11.5 Å². The van der Waals surface area contributed by atoms with E-state index >= 15 is 0 Å². The first-order valence-electron chi connectivity index (χ1n) is 4.84. The third-order valence-corrected chi connectivity index (χ3v) is 2.19. The third kappa shape index (κ3) is 2.19. The Labute approximate surface area is 96.1 Å². The van der Waals surface area contributed by atoms with Gasteiger partial charge in [-0.3, -0.25) is 0 Å². The fraction of sp³-hybridized carbons (Fsp3) is 0.200. The van der Waals surface area contributed by atoms with E-state index < -0.39 is 6.04 Å².